The fourth-order valence-electron chi connectivity index (χ4n) is 2.35. The van der Waals surface area contributed by atoms with Crippen molar-refractivity contribution in [3.05, 3.63) is 81.2 Å². The molecule has 3 nitrogen and oxygen atoms in total. The van der Waals surface area contributed by atoms with E-state index in [0.29, 0.717) is 21.5 Å². The quantitative estimate of drug-likeness (QED) is 0.347. The van der Waals surface area contributed by atoms with Crippen molar-refractivity contribution in [2.45, 2.75) is 0 Å². The summed E-state index contributed by atoms with van der Waals surface area (Å²) < 4.78 is 12.1. The number of rotatable bonds is 4. The van der Waals surface area contributed by atoms with Gasteiger partial charge in [-0.25, -0.2) is 4.79 Å². The molecule has 0 fully saturated rings. The monoisotopic (exact) mass is 460 g/mol. The second kappa shape index (κ2) is 7.85. The lowest BCUT2D eigenvalue weighted by Gasteiger charge is -2.10. The molecule has 0 N–H and O–H groups in total. The Balaban J connectivity index is 1.81. The summed E-state index contributed by atoms with van der Waals surface area (Å²) in [6, 6.07) is 20.7. The van der Waals surface area contributed by atoms with Gasteiger partial charge < -0.3 is 9.47 Å². The molecule has 0 aliphatic carbocycles. The van der Waals surface area contributed by atoms with Gasteiger partial charge in [0.25, 0.3) is 0 Å². The molecular formula is C20H14Br2O3. The SMILES string of the molecule is COc1ccc(C(=O)Oc2ccc(-c3ccccc3)cc2Br)cc1Br. The first-order chi connectivity index (χ1) is 12.1. The molecule has 0 unspecified atom stereocenters. The molecule has 25 heavy (non-hydrogen) atoms. The van der Waals surface area contributed by atoms with Crippen LogP contribution in [0, 0.1) is 0 Å². The highest BCUT2D eigenvalue weighted by Crippen LogP contribution is 2.32. The molecule has 0 radical (unpaired) electrons. The van der Waals surface area contributed by atoms with Gasteiger partial charge >= 0.3 is 5.97 Å². The van der Waals surface area contributed by atoms with Crippen LogP contribution in [0.4, 0.5) is 0 Å². The van der Waals surface area contributed by atoms with Crippen molar-refractivity contribution in [2.24, 2.45) is 0 Å². The van der Waals surface area contributed by atoms with Crippen LogP contribution < -0.4 is 9.47 Å². The maximum Gasteiger partial charge on any atom is 0.343 e. The second-order valence-corrected chi connectivity index (χ2v) is 6.96. The van der Waals surface area contributed by atoms with E-state index in [9.17, 15) is 4.79 Å². The van der Waals surface area contributed by atoms with Crippen molar-refractivity contribution in [3.63, 3.8) is 0 Å². The fourth-order valence-corrected chi connectivity index (χ4v) is 3.35. The Morgan fingerprint density at radius 2 is 1.48 bits per heavy atom. The molecule has 0 atom stereocenters. The average molecular weight is 462 g/mol. The summed E-state index contributed by atoms with van der Waals surface area (Å²) in [5.74, 6) is 0.693. The number of benzene rings is 3. The van der Waals surface area contributed by atoms with Crippen LogP contribution in [0.2, 0.25) is 0 Å². The van der Waals surface area contributed by atoms with Crippen LogP contribution in [0.1, 0.15) is 10.4 Å². The third-order valence-corrected chi connectivity index (χ3v) is 4.87. The molecule has 3 aromatic rings. The van der Waals surface area contributed by atoms with Crippen LogP contribution in [0.15, 0.2) is 75.7 Å². The predicted molar refractivity (Wildman–Crippen MR) is 105 cm³/mol. The maximum absolute atomic E-state index is 12.4. The first kappa shape index (κ1) is 17.7. The number of halogens is 2. The van der Waals surface area contributed by atoms with Gasteiger partial charge in [0.05, 0.1) is 21.6 Å². The number of hydrogen-bond donors (Lipinski definition) is 0. The molecule has 0 saturated heterocycles. The van der Waals surface area contributed by atoms with Crippen LogP contribution >= 0.6 is 31.9 Å². The Labute approximate surface area is 162 Å². The van der Waals surface area contributed by atoms with Crippen molar-refractivity contribution in [1.82, 2.24) is 0 Å². The largest absolute Gasteiger partial charge is 0.496 e. The molecule has 126 valence electrons. The van der Waals surface area contributed by atoms with E-state index in [0.717, 1.165) is 15.6 Å². The summed E-state index contributed by atoms with van der Waals surface area (Å²) in [4.78, 5) is 12.4. The van der Waals surface area contributed by atoms with Crippen LogP contribution in [0.25, 0.3) is 11.1 Å². The molecule has 0 spiro atoms. The lowest BCUT2D eigenvalue weighted by atomic mass is 10.1. The van der Waals surface area contributed by atoms with Gasteiger partial charge in [-0.2, -0.15) is 0 Å². The number of carbonyl (C=O) groups is 1. The second-order valence-electron chi connectivity index (χ2n) is 5.25. The highest BCUT2D eigenvalue weighted by Gasteiger charge is 2.13. The summed E-state index contributed by atoms with van der Waals surface area (Å²) in [6.07, 6.45) is 0. The molecule has 0 aromatic heterocycles. The number of methoxy groups -OCH3 is 1. The minimum absolute atomic E-state index is 0.434. The zero-order valence-electron chi connectivity index (χ0n) is 13.3. The summed E-state index contributed by atoms with van der Waals surface area (Å²) in [5.41, 5.74) is 2.58. The number of hydrogen-bond acceptors (Lipinski definition) is 3. The molecule has 0 saturated carbocycles. The van der Waals surface area contributed by atoms with Crippen molar-refractivity contribution < 1.29 is 14.3 Å². The van der Waals surface area contributed by atoms with E-state index < -0.39 is 5.97 Å². The first-order valence-electron chi connectivity index (χ1n) is 7.49. The van der Waals surface area contributed by atoms with E-state index >= 15 is 0 Å². The van der Waals surface area contributed by atoms with E-state index in [4.69, 9.17) is 9.47 Å². The molecule has 5 heteroatoms. The van der Waals surface area contributed by atoms with E-state index in [1.165, 1.54) is 0 Å². The fraction of sp³-hybridized carbons (Fsp3) is 0.0500. The van der Waals surface area contributed by atoms with E-state index in [1.807, 2.05) is 42.5 Å². The van der Waals surface area contributed by atoms with Crippen LogP contribution in [0.5, 0.6) is 11.5 Å². The summed E-state index contributed by atoms with van der Waals surface area (Å²) in [6.45, 7) is 0. The summed E-state index contributed by atoms with van der Waals surface area (Å²) in [5, 5.41) is 0. The molecule has 3 rings (SSSR count). The average Bonchev–Trinajstić information content (AvgIpc) is 2.64. The van der Waals surface area contributed by atoms with Gasteiger partial charge in [-0.1, -0.05) is 36.4 Å². The molecule has 0 aliphatic rings. The summed E-state index contributed by atoms with van der Waals surface area (Å²) in [7, 11) is 1.57. The van der Waals surface area contributed by atoms with Gasteiger partial charge in [0, 0.05) is 0 Å². The Bertz CT molecular complexity index is 908. The zero-order valence-corrected chi connectivity index (χ0v) is 16.5. The van der Waals surface area contributed by atoms with Crippen molar-refractivity contribution in [3.8, 4) is 22.6 Å². The van der Waals surface area contributed by atoms with Crippen molar-refractivity contribution in [2.75, 3.05) is 7.11 Å². The standard InChI is InChI=1S/C20H14Br2O3/c1-24-18-9-8-15(12-16(18)21)20(23)25-19-10-7-14(11-17(19)22)13-5-3-2-4-6-13/h2-12H,1H3. The Morgan fingerprint density at radius 3 is 2.12 bits per heavy atom. The number of esters is 1. The summed E-state index contributed by atoms with van der Waals surface area (Å²) >= 11 is 6.85. The highest BCUT2D eigenvalue weighted by atomic mass is 79.9. The molecule has 0 aliphatic heterocycles. The first-order valence-corrected chi connectivity index (χ1v) is 9.08. The Kier molecular flexibility index (Phi) is 5.56. The minimum Gasteiger partial charge on any atom is -0.496 e. The van der Waals surface area contributed by atoms with Crippen molar-refractivity contribution in [1.29, 1.82) is 0 Å². The Morgan fingerprint density at radius 1 is 0.800 bits per heavy atom. The van der Waals surface area contributed by atoms with Gasteiger partial charge in [-0.15, -0.1) is 0 Å². The van der Waals surface area contributed by atoms with Gasteiger partial charge in [-0.3, -0.25) is 0 Å². The zero-order chi connectivity index (χ0) is 17.8. The smallest absolute Gasteiger partial charge is 0.343 e. The van der Waals surface area contributed by atoms with Crippen LogP contribution in [-0.4, -0.2) is 13.1 Å². The molecule has 0 bridgehead atoms. The molecule has 0 amide bonds. The topological polar surface area (TPSA) is 35.5 Å². The molecule has 3 aromatic carbocycles. The van der Waals surface area contributed by atoms with Crippen LogP contribution in [0.3, 0.4) is 0 Å². The van der Waals surface area contributed by atoms with E-state index in [1.54, 1.807) is 31.4 Å². The van der Waals surface area contributed by atoms with Crippen molar-refractivity contribution >= 4 is 37.8 Å². The van der Waals surface area contributed by atoms with Gasteiger partial charge in [0.2, 0.25) is 0 Å². The molecular weight excluding hydrogens is 448 g/mol. The maximum atomic E-state index is 12.4. The van der Waals surface area contributed by atoms with Crippen LogP contribution in [-0.2, 0) is 0 Å². The third kappa shape index (κ3) is 4.11. The number of carbonyl (C=O) groups excluding carboxylic acids is 1. The highest BCUT2D eigenvalue weighted by molar-refractivity contribution is 9.10. The number of ether oxygens (including phenoxy) is 2. The predicted octanol–water partition coefficient (Wildman–Crippen LogP) is 6.11. The van der Waals surface area contributed by atoms with E-state index in [2.05, 4.69) is 31.9 Å². The van der Waals surface area contributed by atoms with Gasteiger partial charge in [0.1, 0.15) is 11.5 Å². The molecule has 0 heterocycles. The van der Waals surface area contributed by atoms with Gasteiger partial charge in [-0.05, 0) is 73.3 Å². The Hall–Kier alpha value is -2.11. The van der Waals surface area contributed by atoms with E-state index in [-0.39, 0.29) is 0 Å². The third-order valence-electron chi connectivity index (χ3n) is 3.63. The normalized spacial score (nSPS) is 10.4. The minimum atomic E-state index is -0.434. The lowest BCUT2D eigenvalue weighted by Crippen LogP contribution is -2.09. The lowest BCUT2D eigenvalue weighted by molar-refractivity contribution is 0.0733. The van der Waals surface area contributed by atoms with Gasteiger partial charge in [0.15, 0.2) is 0 Å².